The van der Waals surface area contributed by atoms with E-state index in [1.54, 1.807) is 59.5 Å². The average Bonchev–Trinajstić information content (AvgIpc) is 2.93. The van der Waals surface area contributed by atoms with Crippen LogP contribution in [0.5, 0.6) is 0 Å². The van der Waals surface area contributed by atoms with Crippen molar-refractivity contribution in [3.8, 4) is 0 Å². The topological polar surface area (TPSA) is 75.7 Å². The summed E-state index contributed by atoms with van der Waals surface area (Å²) in [5.74, 6) is -0.543. The van der Waals surface area contributed by atoms with Crippen molar-refractivity contribution in [2.24, 2.45) is 0 Å². The minimum atomic E-state index is -1.58. The second-order valence-corrected chi connectivity index (χ2v) is 9.63. The van der Waals surface area contributed by atoms with Crippen molar-refractivity contribution in [3.63, 3.8) is 0 Å². The smallest absolute Gasteiger partial charge is 0.259 e. The van der Waals surface area contributed by atoms with Crippen LogP contribution in [0.25, 0.3) is 0 Å². The lowest BCUT2D eigenvalue weighted by atomic mass is 10.1. The number of carbonyl (C=O) groups is 2. The maximum absolute atomic E-state index is 13.6. The molecule has 4 rings (SSSR count). The van der Waals surface area contributed by atoms with Crippen molar-refractivity contribution >= 4 is 39.9 Å². The number of nitrogens with zero attached hydrogens (tertiary/aromatic N) is 1. The number of hydrogen-bond donors (Lipinski definition) is 1. The van der Waals surface area contributed by atoms with E-state index in [2.05, 4.69) is 5.32 Å². The Labute approximate surface area is 206 Å². The molecule has 0 bridgehead atoms. The summed E-state index contributed by atoms with van der Waals surface area (Å²) in [4.78, 5) is 28.9. The van der Waals surface area contributed by atoms with Crippen LogP contribution in [-0.4, -0.2) is 35.8 Å². The lowest BCUT2D eigenvalue weighted by Crippen LogP contribution is -2.31. The van der Waals surface area contributed by atoms with E-state index in [1.807, 2.05) is 19.1 Å². The van der Waals surface area contributed by atoms with Crippen LogP contribution in [0.2, 0.25) is 5.02 Å². The molecule has 0 saturated heterocycles. The Morgan fingerprint density at radius 2 is 1.88 bits per heavy atom. The van der Waals surface area contributed by atoms with E-state index < -0.39 is 10.8 Å². The summed E-state index contributed by atoms with van der Waals surface area (Å²) < 4.78 is 18.8. The van der Waals surface area contributed by atoms with Gasteiger partial charge in [-0.1, -0.05) is 35.9 Å². The quantitative estimate of drug-likeness (QED) is 0.453. The van der Waals surface area contributed by atoms with Gasteiger partial charge in [0, 0.05) is 30.3 Å². The van der Waals surface area contributed by atoms with Gasteiger partial charge in [0.2, 0.25) is 0 Å². The molecule has 8 heteroatoms. The van der Waals surface area contributed by atoms with E-state index in [1.165, 1.54) is 0 Å². The van der Waals surface area contributed by atoms with E-state index in [9.17, 15) is 13.8 Å². The SMILES string of the molecule is CCOCCCNC(=O)c1ccc2c(c1)N(Cc1cccc(Cl)c1)C(=O)c1ccccc1[S@@]2=O. The van der Waals surface area contributed by atoms with Crippen LogP contribution in [-0.2, 0) is 22.1 Å². The third kappa shape index (κ3) is 5.22. The fourth-order valence-electron chi connectivity index (χ4n) is 3.80. The molecule has 0 spiro atoms. The number of amides is 2. The lowest BCUT2D eigenvalue weighted by molar-refractivity contribution is 0.0941. The van der Waals surface area contributed by atoms with Crippen LogP contribution >= 0.6 is 11.6 Å². The number of rotatable bonds is 8. The van der Waals surface area contributed by atoms with Crippen molar-refractivity contribution in [3.05, 3.63) is 88.4 Å². The van der Waals surface area contributed by atoms with Crippen LogP contribution in [0.1, 0.15) is 39.6 Å². The molecule has 0 radical (unpaired) electrons. The van der Waals surface area contributed by atoms with Crippen LogP contribution in [0, 0.1) is 0 Å². The number of fused-ring (bicyclic) bond motifs is 2. The molecule has 1 aliphatic rings. The molecule has 3 aromatic rings. The first-order valence-electron chi connectivity index (χ1n) is 11.1. The predicted octanol–water partition coefficient (Wildman–Crippen LogP) is 4.82. The molecule has 0 aromatic heterocycles. The summed E-state index contributed by atoms with van der Waals surface area (Å²) >= 11 is 6.17. The van der Waals surface area contributed by atoms with Crippen LogP contribution in [0.3, 0.4) is 0 Å². The Morgan fingerprint density at radius 3 is 2.68 bits per heavy atom. The van der Waals surface area contributed by atoms with Crippen LogP contribution in [0.15, 0.2) is 76.5 Å². The number of nitrogens with one attached hydrogen (secondary N) is 1. The summed E-state index contributed by atoms with van der Waals surface area (Å²) in [7, 11) is -1.58. The molecular weight excluding hydrogens is 472 g/mol. The molecule has 0 aliphatic carbocycles. The molecule has 0 saturated carbocycles. The molecule has 0 fully saturated rings. The molecule has 176 valence electrons. The Balaban J connectivity index is 1.71. The summed E-state index contributed by atoms with van der Waals surface area (Å²) in [6.45, 7) is 3.82. The third-order valence-corrected chi connectivity index (χ3v) is 7.19. The monoisotopic (exact) mass is 496 g/mol. The van der Waals surface area contributed by atoms with Gasteiger partial charge in [-0.15, -0.1) is 0 Å². The highest BCUT2D eigenvalue weighted by atomic mass is 35.5. The minimum absolute atomic E-state index is 0.220. The van der Waals surface area contributed by atoms with Gasteiger partial charge in [-0.25, -0.2) is 4.21 Å². The molecule has 2 amide bonds. The zero-order chi connectivity index (χ0) is 24.1. The maximum Gasteiger partial charge on any atom is 0.259 e. The first kappa shape index (κ1) is 24.1. The van der Waals surface area contributed by atoms with Crippen molar-refractivity contribution in [1.82, 2.24) is 5.32 Å². The summed E-state index contributed by atoms with van der Waals surface area (Å²) in [6, 6.07) is 19.1. The molecule has 3 aromatic carbocycles. The van der Waals surface area contributed by atoms with Gasteiger partial charge in [0.25, 0.3) is 11.8 Å². The highest BCUT2D eigenvalue weighted by Gasteiger charge is 2.31. The van der Waals surface area contributed by atoms with Crippen LogP contribution < -0.4 is 10.2 Å². The van der Waals surface area contributed by atoms with E-state index in [0.717, 1.165) is 5.56 Å². The van der Waals surface area contributed by atoms with Gasteiger partial charge in [-0.3, -0.25) is 9.59 Å². The Morgan fingerprint density at radius 1 is 1.06 bits per heavy atom. The van der Waals surface area contributed by atoms with E-state index in [0.29, 0.717) is 57.8 Å². The molecule has 1 aliphatic heterocycles. The number of carbonyl (C=O) groups excluding carboxylic acids is 2. The van der Waals surface area contributed by atoms with Gasteiger partial charge in [-0.05, 0) is 61.4 Å². The minimum Gasteiger partial charge on any atom is -0.382 e. The third-order valence-electron chi connectivity index (χ3n) is 5.46. The number of anilines is 1. The predicted molar refractivity (Wildman–Crippen MR) is 133 cm³/mol. The van der Waals surface area contributed by atoms with Gasteiger partial charge in [0.1, 0.15) is 0 Å². The summed E-state index contributed by atoms with van der Waals surface area (Å²) in [6.07, 6.45) is 0.698. The van der Waals surface area contributed by atoms with Crippen molar-refractivity contribution in [2.45, 2.75) is 29.7 Å². The van der Waals surface area contributed by atoms with Gasteiger partial charge >= 0.3 is 0 Å². The lowest BCUT2D eigenvalue weighted by Gasteiger charge is -2.23. The standard InChI is InChI=1S/C26H25ClN2O4S/c1-2-33-14-6-13-28-25(30)19-11-12-24-22(16-19)29(17-18-7-5-8-20(27)15-18)26(31)21-9-3-4-10-23(21)34(24)32/h3-5,7-12,15-16H,2,6,13-14,17H2,1H3,(H,28,30)/t34-/m0/s1. The Bertz CT molecular complexity index is 1250. The molecule has 34 heavy (non-hydrogen) atoms. The van der Waals surface area contributed by atoms with Crippen molar-refractivity contribution in [2.75, 3.05) is 24.7 Å². The molecule has 6 nitrogen and oxygen atoms in total. The molecule has 1 N–H and O–H groups in total. The highest BCUT2D eigenvalue weighted by molar-refractivity contribution is 7.85. The fraction of sp³-hybridized carbons (Fsp3) is 0.231. The normalized spacial score (nSPS) is 14.8. The van der Waals surface area contributed by atoms with Crippen molar-refractivity contribution in [1.29, 1.82) is 0 Å². The highest BCUT2D eigenvalue weighted by Crippen LogP contribution is 2.36. The zero-order valence-electron chi connectivity index (χ0n) is 18.8. The van der Waals surface area contributed by atoms with E-state index in [4.69, 9.17) is 16.3 Å². The average molecular weight is 497 g/mol. The van der Waals surface area contributed by atoms with E-state index >= 15 is 0 Å². The Hall–Kier alpha value is -3.00. The first-order chi connectivity index (χ1) is 16.5. The summed E-state index contributed by atoms with van der Waals surface area (Å²) in [5, 5.41) is 3.44. The van der Waals surface area contributed by atoms with E-state index in [-0.39, 0.29) is 18.4 Å². The van der Waals surface area contributed by atoms with Crippen LogP contribution in [0.4, 0.5) is 5.69 Å². The second kappa shape index (κ2) is 11.0. The molecule has 0 unspecified atom stereocenters. The van der Waals surface area contributed by atoms with Gasteiger partial charge in [0.15, 0.2) is 0 Å². The molecule has 1 heterocycles. The number of ether oxygens (including phenoxy) is 1. The summed E-state index contributed by atoms with van der Waals surface area (Å²) in [5.41, 5.74) is 2.03. The van der Waals surface area contributed by atoms with Crippen molar-refractivity contribution < 1.29 is 18.5 Å². The number of halogens is 1. The first-order valence-corrected chi connectivity index (χ1v) is 12.6. The molecule has 1 atom stereocenters. The molecular formula is C26H25ClN2O4S. The Kier molecular flexibility index (Phi) is 7.77. The van der Waals surface area contributed by atoms with Gasteiger partial charge < -0.3 is 15.0 Å². The largest absolute Gasteiger partial charge is 0.382 e. The number of benzene rings is 3. The van der Waals surface area contributed by atoms with Gasteiger partial charge in [0.05, 0.1) is 38.4 Å². The van der Waals surface area contributed by atoms with Gasteiger partial charge in [-0.2, -0.15) is 0 Å². The fourth-order valence-corrected chi connectivity index (χ4v) is 5.36. The maximum atomic E-state index is 13.6. The second-order valence-electron chi connectivity index (χ2n) is 7.77. The number of hydrogen-bond acceptors (Lipinski definition) is 4. The zero-order valence-corrected chi connectivity index (χ0v) is 20.3.